The molecule has 0 amide bonds. The SMILES string of the molecule is NCCCC[C@@H](N)C(=O)Oc1ccc2c(=O)c(Oc3ccccc3)coc2c1. The molecule has 0 radical (unpaired) electrons. The van der Waals surface area contributed by atoms with Crippen LogP contribution in [0.25, 0.3) is 11.0 Å². The summed E-state index contributed by atoms with van der Waals surface area (Å²) in [5.74, 6) is 0.322. The lowest BCUT2D eigenvalue weighted by molar-refractivity contribution is -0.136. The topological polar surface area (TPSA) is 118 Å². The van der Waals surface area contributed by atoms with Gasteiger partial charge < -0.3 is 25.4 Å². The van der Waals surface area contributed by atoms with Crippen molar-refractivity contribution in [2.45, 2.75) is 25.3 Å². The van der Waals surface area contributed by atoms with E-state index < -0.39 is 12.0 Å². The molecule has 0 saturated heterocycles. The first-order valence-corrected chi connectivity index (χ1v) is 9.04. The molecule has 2 aromatic carbocycles. The zero-order valence-electron chi connectivity index (χ0n) is 15.3. The molecule has 0 saturated carbocycles. The Morgan fingerprint density at radius 3 is 2.61 bits per heavy atom. The quantitative estimate of drug-likeness (QED) is 0.349. The number of unbranched alkanes of at least 4 members (excludes halogenated alkanes) is 1. The molecule has 1 atom stereocenters. The predicted molar refractivity (Wildman–Crippen MR) is 106 cm³/mol. The van der Waals surface area contributed by atoms with Crippen LogP contribution in [0, 0.1) is 0 Å². The molecule has 0 unspecified atom stereocenters. The number of hydrogen-bond acceptors (Lipinski definition) is 7. The van der Waals surface area contributed by atoms with Crippen molar-refractivity contribution in [3.05, 3.63) is 65.0 Å². The molecule has 7 heteroatoms. The highest BCUT2D eigenvalue weighted by atomic mass is 16.5. The van der Waals surface area contributed by atoms with Crippen molar-refractivity contribution < 1.29 is 18.7 Å². The Morgan fingerprint density at radius 1 is 1.07 bits per heavy atom. The lowest BCUT2D eigenvalue weighted by Crippen LogP contribution is -2.34. The van der Waals surface area contributed by atoms with Crippen molar-refractivity contribution in [2.75, 3.05) is 6.54 Å². The second kappa shape index (κ2) is 9.16. The lowest BCUT2D eigenvalue weighted by Gasteiger charge is -2.11. The number of carbonyl (C=O) groups excluding carboxylic acids is 1. The Bertz CT molecular complexity index is 1000. The van der Waals surface area contributed by atoms with E-state index in [9.17, 15) is 9.59 Å². The molecule has 146 valence electrons. The highest BCUT2D eigenvalue weighted by Crippen LogP contribution is 2.24. The Morgan fingerprint density at radius 2 is 1.86 bits per heavy atom. The number of nitrogens with two attached hydrogens (primary N) is 2. The van der Waals surface area contributed by atoms with E-state index in [1.807, 2.05) is 6.07 Å². The van der Waals surface area contributed by atoms with Gasteiger partial charge in [0, 0.05) is 6.07 Å². The van der Waals surface area contributed by atoms with Gasteiger partial charge in [-0.1, -0.05) is 24.6 Å². The zero-order chi connectivity index (χ0) is 19.9. The first kappa shape index (κ1) is 19.6. The number of rotatable bonds is 8. The predicted octanol–water partition coefficient (Wildman–Crippen LogP) is 2.95. The molecule has 0 bridgehead atoms. The average Bonchev–Trinajstić information content (AvgIpc) is 2.71. The molecule has 0 aliphatic carbocycles. The van der Waals surface area contributed by atoms with E-state index in [2.05, 4.69) is 0 Å². The van der Waals surface area contributed by atoms with E-state index in [0.717, 1.165) is 12.8 Å². The van der Waals surface area contributed by atoms with Crippen LogP contribution in [0.2, 0.25) is 0 Å². The van der Waals surface area contributed by atoms with Crippen molar-refractivity contribution in [2.24, 2.45) is 11.5 Å². The monoisotopic (exact) mass is 382 g/mol. The molecule has 7 nitrogen and oxygen atoms in total. The van der Waals surface area contributed by atoms with Gasteiger partial charge in [0.25, 0.3) is 0 Å². The van der Waals surface area contributed by atoms with E-state index in [0.29, 0.717) is 24.1 Å². The van der Waals surface area contributed by atoms with Gasteiger partial charge in [0.15, 0.2) is 0 Å². The first-order chi connectivity index (χ1) is 13.6. The second-order valence-electron chi connectivity index (χ2n) is 6.31. The summed E-state index contributed by atoms with van der Waals surface area (Å²) in [4.78, 5) is 24.7. The lowest BCUT2D eigenvalue weighted by atomic mass is 10.1. The molecule has 28 heavy (non-hydrogen) atoms. The van der Waals surface area contributed by atoms with Crippen LogP contribution in [0.5, 0.6) is 17.2 Å². The fourth-order valence-corrected chi connectivity index (χ4v) is 2.66. The number of fused-ring (bicyclic) bond motifs is 1. The number of benzene rings is 2. The summed E-state index contributed by atoms with van der Waals surface area (Å²) in [6, 6.07) is 12.7. The van der Waals surface area contributed by atoms with Crippen molar-refractivity contribution in [1.29, 1.82) is 0 Å². The first-order valence-electron chi connectivity index (χ1n) is 9.04. The van der Waals surface area contributed by atoms with Gasteiger partial charge in [0.1, 0.15) is 29.4 Å². The van der Waals surface area contributed by atoms with Gasteiger partial charge in [-0.2, -0.15) is 0 Å². The molecule has 0 fully saturated rings. The Kier molecular flexibility index (Phi) is 6.41. The average molecular weight is 382 g/mol. The van der Waals surface area contributed by atoms with Gasteiger partial charge in [-0.3, -0.25) is 4.79 Å². The minimum Gasteiger partial charge on any atom is -0.460 e. The summed E-state index contributed by atoms with van der Waals surface area (Å²) in [5.41, 5.74) is 11.2. The van der Waals surface area contributed by atoms with Crippen LogP contribution in [-0.4, -0.2) is 18.6 Å². The third kappa shape index (κ3) is 4.76. The van der Waals surface area contributed by atoms with Gasteiger partial charge in [-0.05, 0) is 43.7 Å². The van der Waals surface area contributed by atoms with Crippen LogP contribution < -0.4 is 26.4 Å². The maximum Gasteiger partial charge on any atom is 0.328 e. The maximum absolute atomic E-state index is 12.6. The minimum absolute atomic E-state index is 0.0744. The van der Waals surface area contributed by atoms with E-state index in [4.69, 9.17) is 25.4 Å². The van der Waals surface area contributed by atoms with Gasteiger partial charge in [0.05, 0.1) is 5.39 Å². The molecule has 0 aliphatic heterocycles. The van der Waals surface area contributed by atoms with Crippen molar-refractivity contribution in [3.63, 3.8) is 0 Å². The smallest absolute Gasteiger partial charge is 0.328 e. The standard InChI is InChI=1S/C21H22N2O5/c22-11-5-4-8-17(23)21(25)28-15-9-10-16-18(12-15)26-13-19(20(16)24)27-14-6-2-1-3-7-14/h1-3,6-7,9-10,12-13,17H,4-5,8,11,22-23H2/t17-/m1/s1. The molecule has 0 spiro atoms. The molecule has 1 heterocycles. The van der Waals surface area contributed by atoms with E-state index in [1.165, 1.54) is 24.5 Å². The molecule has 4 N–H and O–H groups in total. The van der Waals surface area contributed by atoms with Gasteiger partial charge in [-0.15, -0.1) is 0 Å². The fraction of sp³-hybridized carbons (Fsp3) is 0.238. The van der Waals surface area contributed by atoms with Crippen LogP contribution in [-0.2, 0) is 4.79 Å². The molecule has 0 aliphatic rings. The summed E-state index contributed by atoms with van der Waals surface area (Å²) in [6.45, 7) is 0.557. The van der Waals surface area contributed by atoms with E-state index in [-0.39, 0.29) is 22.5 Å². The summed E-state index contributed by atoms with van der Waals surface area (Å²) < 4.78 is 16.4. The highest BCUT2D eigenvalue weighted by molar-refractivity contribution is 5.82. The minimum atomic E-state index is -0.726. The van der Waals surface area contributed by atoms with Crippen molar-refractivity contribution in [3.8, 4) is 17.2 Å². The third-order valence-electron chi connectivity index (χ3n) is 4.18. The number of ether oxygens (including phenoxy) is 2. The van der Waals surface area contributed by atoms with Crippen LogP contribution in [0.15, 0.2) is 64.0 Å². The van der Waals surface area contributed by atoms with Crippen LogP contribution in [0.4, 0.5) is 0 Å². The van der Waals surface area contributed by atoms with Gasteiger partial charge >= 0.3 is 5.97 Å². The van der Waals surface area contributed by atoms with E-state index in [1.54, 1.807) is 24.3 Å². The number of para-hydroxylation sites is 1. The molecular weight excluding hydrogens is 360 g/mol. The summed E-state index contributed by atoms with van der Waals surface area (Å²) >= 11 is 0. The Balaban J connectivity index is 1.74. The summed E-state index contributed by atoms with van der Waals surface area (Å²) in [7, 11) is 0. The molecule has 1 aromatic heterocycles. The van der Waals surface area contributed by atoms with Crippen LogP contribution in [0.3, 0.4) is 0 Å². The normalized spacial score (nSPS) is 11.9. The Hall–Kier alpha value is -3.16. The summed E-state index contributed by atoms with van der Waals surface area (Å²) in [6.07, 6.45) is 3.29. The maximum atomic E-state index is 12.6. The highest BCUT2D eigenvalue weighted by Gasteiger charge is 2.17. The molecular formula is C21H22N2O5. The molecule has 3 aromatic rings. The van der Waals surface area contributed by atoms with Gasteiger partial charge in [0.2, 0.25) is 11.2 Å². The summed E-state index contributed by atoms with van der Waals surface area (Å²) in [5, 5.41) is 0.320. The number of carbonyl (C=O) groups is 1. The van der Waals surface area contributed by atoms with Crippen molar-refractivity contribution in [1.82, 2.24) is 0 Å². The second-order valence-corrected chi connectivity index (χ2v) is 6.31. The molecule has 3 rings (SSSR count). The Labute approximate surface area is 161 Å². The van der Waals surface area contributed by atoms with Crippen LogP contribution >= 0.6 is 0 Å². The van der Waals surface area contributed by atoms with Gasteiger partial charge in [-0.25, -0.2) is 4.79 Å². The van der Waals surface area contributed by atoms with Crippen molar-refractivity contribution >= 4 is 16.9 Å². The third-order valence-corrected chi connectivity index (χ3v) is 4.18. The van der Waals surface area contributed by atoms with Crippen LogP contribution in [0.1, 0.15) is 19.3 Å². The fourth-order valence-electron chi connectivity index (χ4n) is 2.66. The number of esters is 1. The number of hydrogen-bond donors (Lipinski definition) is 2. The zero-order valence-corrected chi connectivity index (χ0v) is 15.3. The largest absolute Gasteiger partial charge is 0.460 e. The van der Waals surface area contributed by atoms with E-state index >= 15 is 0 Å².